The number of benzene rings is 2. The van der Waals surface area contributed by atoms with E-state index in [0.717, 1.165) is 16.9 Å². The Hall–Kier alpha value is -2.45. The Labute approximate surface area is 152 Å². The Kier molecular flexibility index (Phi) is 7.55. The third kappa shape index (κ3) is 5.53. The summed E-state index contributed by atoms with van der Waals surface area (Å²) in [4.78, 5) is 16.3. The van der Waals surface area contributed by atoms with Crippen LogP contribution in [0.3, 0.4) is 0 Å². The fraction of sp³-hybridized carbons (Fsp3) is 0.316. The number of hydrogen-bond acceptors (Lipinski definition) is 7. The van der Waals surface area contributed by atoms with E-state index in [-0.39, 0.29) is 6.42 Å². The molecule has 3 unspecified atom stereocenters. The first-order chi connectivity index (χ1) is 12.5. The van der Waals surface area contributed by atoms with Gasteiger partial charge in [0.05, 0.1) is 13.2 Å². The second kappa shape index (κ2) is 9.88. The maximum atomic E-state index is 12.0. The summed E-state index contributed by atoms with van der Waals surface area (Å²) in [6, 6.07) is 15.3. The third-order valence-electron chi connectivity index (χ3n) is 4.16. The zero-order chi connectivity index (χ0) is 18.9. The molecular weight excluding hydrogens is 334 g/mol. The van der Waals surface area contributed by atoms with Crippen LogP contribution in [0.2, 0.25) is 0 Å². The van der Waals surface area contributed by atoms with Crippen molar-refractivity contribution in [3.05, 3.63) is 65.7 Å². The van der Waals surface area contributed by atoms with Gasteiger partial charge in [-0.05, 0) is 29.7 Å². The molecule has 0 fully saturated rings. The van der Waals surface area contributed by atoms with E-state index >= 15 is 0 Å². The molecule has 7 heteroatoms. The summed E-state index contributed by atoms with van der Waals surface area (Å²) in [6.45, 7) is 0.349. The molecule has 0 heterocycles. The molecule has 140 valence electrons. The number of rotatable bonds is 9. The summed E-state index contributed by atoms with van der Waals surface area (Å²) in [6.07, 6.45) is -0.876. The molecule has 0 radical (unpaired) electrons. The van der Waals surface area contributed by atoms with Crippen LogP contribution in [-0.4, -0.2) is 30.3 Å². The number of methoxy groups -OCH3 is 1. The Morgan fingerprint density at radius 2 is 1.81 bits per heavy atom. The summed E-state index contributed by atoms with van der Waals surface area (Å²) < 4.78 is 5.11. The molecule has 0 aromatic heterocycles. The van der Waals surface area contributed by atoms with E-state index in [4.69, 9.17) is 16.4 Å². The van der Waals surface area contributed by atoms with Crippen molar-refractivity contribution >= 4 is 5.97 Å². The first-order valence-corrected chi connectivity index (χ1v) is 8.30. The maximum absolute atomic E-state index is 12.0. The minimum atomic E-state index is -1.06. The van der Waals surface area contributed by atoms with E-state index in [2.05, 4.69) is 10.2 Å². The van der Waals surface area contributed by atoms with Gasteiger partial charge in [0.25, 0.3) is 0 Å². The van der Waals surface area contributed by atoms with Gasteiger partial charge in [-0.15, -0.1) is 0 Å². The minimum absolute atomic E-state index is 0.180. The first-order valence-electron chi connectivity index (χ1n) is 8.30. The minimum Gasteiger partial charge on any atom is -0.497 e. The molecule has 2 aromatic carbocycles. The molecule has 0 amide bonds. The average molecular weight is 359 g/mol. The molecule has 7 nitrogen and oxygen atoms in total. The van der Waals surface area contributed by atoms with Crippen molar-refractivity contribution in [3.63, 3.8) is 0 Å². The summed E-state index contributed by atoms with van der Waals surface area (Å²) in [5.74, 6) is 5.00. The summed E-state index contributed by atoms with van der Waals surface area (Å²) in [5, 5.41) is 13.5. The van der Waals surface area contributed by atoms with E-state index in [1.54, 1.807) is 7.11 Å². The zero-order valence-corrected chi connectivity index (χ0v) is 14.7. The Morgan fingerprint density at radius 3 is 2.38 bits per heavy atom. The van der Waals surface area contributed by atoms with Crippen molar-refractivity contribution in [2.45, 2.75) is 31.2 Å². The van der Waals surface area contributed by atoms with Crippen LogP contribution in [0.5, 0.6) is 5.75 Å². The molecule has 3 atom stereocenters. The Balaban J connectivity index is 1.99. The molecule has 0 saturated heterocycles. The molecule has 6 N–H and O–H groups in total. The molecule has 2 rings (SSSR count). The van der Waals surface area contributed by atoms with E-state index in [0.29, 0.717) is 6.54 Å². The lowest BCUT2D eigenvalue weighted by molar-refractivity contribution is -0.150. The van der Waals surface area contributed by atoms with Gasteiger partial charge in [-0.25, -0.2) is 4.79 Å². The van der Waals surface area contributed by atoms with Gasteiger partial charge in [0.15, 0.2) is 0 Å². The molecular formula is C19H25N3O4. The second-order valence-corrected chi connectivity index (χ2v) is 5.96. The van der Waals surface area contributed by atoms with Gasteiger partial charge < -0.3 is 20.4 Å². The monoisotopic (exact) mass is 359 g/mol. The number of ether oxygens (including phenoxy) is 1. The lowest BCUT2D eigenvalue weighted by Gasteiger charge is -2.24. The van der Waals surface area contributed by atoms with Crippen LogP contribution >= 0.6 is 0 Å². The Morgan fingerprint density at radius 1 is 1.15 bits per heavy atom. The second-order valence-electron chi connectivity index (χ2n) is 5.96. The highest BCUT2D eigenvalue weighted by Crippen LogP contribution is 2.18. The average Bonchev–Trinajstić information content (AvgIpc) is 2.69. The fourth-order valence-electron chi connectivity index (χ4n) is 2.65. The highest BCUT2D eigenvalue weighted by Gasteiger charge is 2.29. The largest absolute Gasteiger partial charge is 0.497 e. The lowest BCUT2D eigenvalue weighted by Crippen LogP contribution is -2.48. The smallest absolute Gasteiger partial charge is 0.344 e. The van der Waals surface area contributed by atoms with Crippen LogP contribution in [-0.2, 0) is 16.2 Å². The fourth-order valence-corrected chi connectivity index (χ4v) is 2.65. The highest BCUT2D eigenvalue weighted by atomic mass is 16.7. The SMILES string of the molecule is COc1ccc(CNC(C(=O)ON)C(O)CC(N)c2ccccc2)cc1. The van der Waals surface area contributed by atoms with Crippen molar-refractivity contribution in [1.82, 2.24) is 5.32 Å². The summed E-state index contributed by atoms with van der Waals surface area (Å²) in [7, 11) is 1.59. The molecule has 0 aliphatic rings. The number of aliphatic hydroxyl groups excluding tert-OH is 1. The quantitative estimate of drug-likeness (QED) is 0.493. The number of carbonyl (C=O) groups excluding carboxylic acids is 1. The van der Waals surface area contributed by atoms with Crippen LogP contribution in [0.15, 0.2) is 54.6 Å². The Bertz CT molecular complexity index is 679. The molecule has 0 spiro atoms. The van der Waals surface area contributed by atoms with Gasteiger partial charge in [-0.1, -0.05) is 42.5 Å². The van der Waals surface area contributed by atoms with Crippen LogP contribution < -0.4 is 21.7 Å². The van der Waals surface area contributed by atoms with Crippen molar-refractivity contribution < 1.29 is 19.5 Å². The van der Waals surface area contributed by atoms with Gasteiger partial charge in [-0.3, -0.25) is 5.32 Å². The standard InChI is InChI=1S/C19H25N3O4/c1-25-15-9-7-13(8-10-15)12-22-18(19(24)26-21)17(23)11-16(20)14-5-3-2-4-6-14/h2-10,16-18,22-23H,11-12,20-21H2,1H3. The normalized spacial score (nSPS) is 14.3. The number of hydrogen-bond donors (Lipinski definition) is 4. The van der Waals surface area contributed by atoms with E-state index in [1.165, 1.54) is 0 Å². The van der Waals surface area contributed by atoms with Crippen LogP contribution in [0.1, 0.15) is 23.6 Å². The van der Waals surface area contributed by atoms with Gasteiger partial charge in [0.1, 0.15) is 11.8 Å². The third-order valence-corrected chi connectivity index (χ3v) is 4.16. The van der Waals surface area contributed by atoms with Gasteiger partial charge in [0.2, 0.25) is 0 Å². The van der Waals surface area contributed by atoms with E-state index in [9.17, 15) is 9.90 Å². The van der Waals surface area contributed by atoms with Gasteiger partial charge in [-0.2, -0.15) is 5.90 Å². The van der Waals surface area contributed by atoms with Gasteiger partial charge >= 0.3 is 5.97 Å². The first kappa shape index (κ1) is 19.9. The topological polar surface area (TPSA) is 120 Å². The molecule has 0 aliphatic carbocycles. The van der Waals surface area contributed by atoms with Crippen LogP contribution in [0, 0.1) is 0 Å². The number of carbonyl (C=O) groups is 1. The van der Waals surface area contributed by atoms with Crippen LogP contribution in [0.25, 0.3) is 0 Å². The van der Waals surface area contributed by atoms with E-state index in [1.807, 2.05) is 54.6 Å². The maximum Gasteiger partial charge on any atom is 0.344 e. The predicted octanol–water partition coefficient (Wildman–Crippen LogP) is 1.02. The number of aliphatic hydroxyl groups is 1. The molecule has 0 bridgehead atoms. The highest BCUT2D eigenvalue weighted by molar-refractivity contribution is 5.76. The molecule has 0 saturated carbocycles. The summed E-state index contributed by atoms with van der Waals surface area (Å²) >= 11 is 0. The number of nitrogens with two attached hydrogens (primary N) is 2. The molecule has 0 aliphatic heterocycles. The number of nitrogens with one attached hydrogen (secondary N) is 1. The predicted molar refractivity (Wildman–Crippen MR) is 97.9 cm³/mol. The molecule has 2 aromatic rings. The lowest BCUT2D eigenvalue weighted by atomic mass is 9.97. The van der Waals surface area contributed by atoms with Crippen molar-refractivity contribution in [2.75, 3.05) is 7.11 Å². The van der Waals surface area contributed by atoms with Crippen molar-refractivity contribution in [2.24, 2.45) is 11.6 Å². The zero-order valence-electron chi connectivity index (χ0n) is 14.7. The van der Waals surface area contributed by atoms with E-state index < -0.39 is 24.2 Å². The van der Waals surface area contributed by atoms with Crippen molar-refractivity contribution in [1.29, 1.82) is 0 Å². The molecule has 26 heavy (non-hydrogen) atoms. The van der Waals surface area contributed by atoms with Crippen molar-refractivity contribution in [3.8, 4) is 5.75 Å². The van der Waals surface area contributed by atoms with Crippen LogP contribution in [0.4, 0.5) is 0 Å². The van der Waals surface area contributed by atoms with Gasteiger partial charge in [0, 0.05) is 12.6 Å². The summed E-state index contributed by atoms with van der Waals surface area (Å²) in [5.41, 5.74) is 7.92.